The van der Waals surface area contributed by atoms with Crippen LogP contribution in [0.4, 0.5) is 0 Å². The third-order valence-electron chi connectivity index (χ3n) is 4.00. The summed E-state index contributed by atoms with van der Waals surface area (Å²) in [6.45, 7) is 1.93. The van der Waals surface area contributed by atoms with Crippen molar-refractivity contribution in [2.24, 2.45) is 0 Å². The van der Waals surface area contributed by atoms with Crippen LogP contribution in [0.2, 0.25) is 0 Å². The van der Waals surface area contributed by atoms with E-state index in [4.69, 9.17) is 18.9 Å². The largest absolute Gasteiger partial charge is 0.496 e. The Morgan fingerprint density at radius 1 is 0.926 bits per heavy atom. The average molecular weight is 373 g/mol. The lowest BCUT2D eigenvalue weighted by Gasteiger charge is -2.13. The summed E-state index contributed by atoms with van der Waals surface area (Å²) in [7, 11) is 4.36. The molecule has 2 rings (SSSR count). The maximum Gasteiger partial charge on any atom is 0.342 e. The van der Waals surface area contributed by atoms with Gasteiger partial charge in [0.05, 0.1) is 21.3 Å². The van der Waals surface area contributed by atoms with Crippen LogP contribution in [0, 0.1) is 6.92 Å². The number of aryl methyl sites for hydroxylation is 1. The van der Waals surface area contributed by atoms with Crippen LogP contribution >= 0.6 is 0 Å². The fraction of sp³-hybridized carbons (Fsp3) is 0.300. The lowest BCUT2D eigenvalue weighted by molar-refractivity contribution is -0.124. The van der Waals surface area contributed by atoms with E-state index in [0.717, 1.165) is 11.1 Å². The molecule has 7 heteroatoms. The van der Waals surface area contributed by atoms with Gasteiger partial charge in [0.25, 0.3) is 5.91 Å². The number of hydrogen-bond acceptors (Lipinski definition) is 6. The van der Waals surface area contributed by atoms with Gasteiger partial charge in [0.2, 0.25) is 0 Å². The second-order valence-corrected chi connectivity index (χ2v) is 5.69. The zero-order valence-corrected chi connectivity index (χ0v) is 15.8. The normalized spacial score (nSPS) is 10.1. The van der Waals surface area contributed by atoms with E-state index in [0.29, 0.717) is 18.0 Å². The van der Waals surface area contributed by atoms with Crippen LogP contribution in [0.15, 0.2) is 36.4 Å². The quantitative estimate of drug-likeness (QED) is 0.716. The van der Waals surface area contributed by atoms with Gasteiger partial charge in [0, 0.05) is 18.7 Å². The number of nitrogens with one attached hydrogen (secondary N) is 1. The Hall–Kier alpha value is -3.22. The molecule has 2 aromatic rings. The zero-order chi connectivity index (χ0) is 19.8. The number of carbonyl (C=O) groups excluding carboxylic acids is 2. The third kappa shape index (κ3) is 5.13. The number of amides is 1. The van der Waals surface area contributed by atoms with Crippen LogP contribution in [0.25, 0.3) is 0 Å². The monoisotopic (exact) mass is 373 g/mol. The minimum absolute atomic E-state index is 0.141. The first-order valence-electron chi connectivity index (χ1n) is 8.28. The zero-order valence-electron chi connectivity index (χ0n) is 15.8. The second-order valence-electron chi connectivity index (χ2n) is 5.69. The number of benzene rings is 2. The Bertz CT molecular complexity index is 818. The number of methoxy groups -OCH3 is 3. The lowest BCUT2D eigenvalue weighted by Crippen LogP contribution is -2.28. The predicted octanol–water partition coefficient (Wildman–Crippen LogP) is 2.49. The SMILES string of the molecule is COc1cc(OC)c(C(=O)OCC(=O)NCc2ccccc2C)cc1OC. The average Bonchev–Trinajstić information content (AvgIpc) is 2.70. The molecule has 0 aliphatic heterocycles. The summed E-state index contributed by atoms with van der Waals surface area (Å²) in [5, 5.41) is 2.72. The van der Waals surface area contributed by atoms with Crippen LogP contribution in [-0.2, 0) is 16.1 Å². The van der Waals surface area contributed by atoms with Crippen molar-refractivity contribution >= 4 is 11.9 Å². The first-order valence-corrected chi connectivity index (χ1v) is 8.28. The molecule has 0 saturated carbocycles. The number of carbonyl (C=O) groups is 2. The molecule has 0 bridgehead atoms. The molecule has 0 radical (unpaired) electrons. The van der Waals surface area contributed by atoms with Crippen molar-refractivity contribution in [3.63, 3.8) is 0 Å². The van der Waals surface area contributed by atoms with E-state index in [1.54, 1.807) is 0 Å². The molecule has 2 aromatic carbocycles. The Morgan fingerprint density at radius 2 is 1.56 bits per heavy atom. The predicted molar refractivity (Wildman–Crippen MR) is 99.4 cm³/mol. The maximum absolute atomic E-state index is 12.3. The Kier molecular flexibility index (Phi) is 7.05. The summed E-state index contributed by atoms with van der Waals surface area (Å²) >= 11 is 0. The topological polar surface area (TPSA) is 83.1 Å². The van der Waals surface area contributed by atoms with Gasteiger partial charge in [0.15, 0.2) is 18.1 Å². The molecule has 0 spiro atoms. The standard InChI is InChI=1S/C20H23NO6/c1-13-7-5-6-8-14(13)11-21-19(22)12-27-20(23)15-9-17(25-3)18(26-4)10-16(15)24-2/h5-10H,11-12H2,1-4H3,(H,21,22). The molecule has 1 N–H and O–H groups in total. The first-order chi connectivity index (χ1) is 13.0. The van der Waals surface area contributed by atoms with Crippen LogP contribution in [0.3, 0.4) is 0 Å². The molecule has 0 aromatic heterocycles. The third-order valence-corrected chi connectivity index (χ3v) is 4.00. The minimum Gasteiger partial charge on any atom is -0.496 e. The number of rotatable bonds is 8. The smallest absolute Gasteiger partial charge is 0.342 e. The van der Waals surface area contributed by atoms with E-state index in [9.17, 15) is 9.59 Å². The van der Waals surface area contributed by atoms with Crippen LogP contribution in [-0.4, -0.2) is 39.8 Å². The summed E-state index contributed by atoms with van der Waals surface area (Å²) < 4.78 is 20.7. The second kappa shape index (κ2) is 9.47. The molecule has 27 heavy (non-hydrogen) atoms. The molecule has 0 aliphatic carbocycles. The van der Waals surface area contributed by atoms with E-state index in [1.165, 1.54) is 33.5 Å². The van der Waals surface area contributed by atoms with Crippen molar-refractivity contribution in [1.82, 2.24) is 5.32 Å². The fourth-order valence-corrected chi connectivity index (χ4v) is 2.45. The van der Waals surface area contributed by atoms with E-state index in [2.05, 4.69) is 5.32 Å². The molecule has 1 amide bonds. The molecule has 0 aliphatic rings. The molecule has 0 fully saturated rings. The van der Waals surface area contributed by atoms with Crippen molar-refractivity contribution in [2.45, 2.75) is 13.5 Å². The highest BCUT2D eigenvalue weighted by molar-refractivity contribution is 5.95. The molecule has 7 nitrogen and oxygen atoms in total. The molecular weight excluding hydrogens is 350 g/mol. The highest BCUT2D eigenvalue weighted by Gasteiger charge is 2.19. The molecule has 0 unspecified atom stereocenters. The van der Waals surface area contributed by atoms with Gasteiger partial charge in [0.1, 0.15) is 11.3 Å². The van der Waals surface area contributed by atoms with Crippen molar-refractivity contribution < 1.29 is 28.5 Å². The Balaban J connectivity index is 1.98. The fourth-order valence-electron chi connectivity index (χ4n) is 2.45. The van der Waals surface area contributed by atoms with Gasteiger partial charge >= 0.3 is 5.97 Å². The van der Waals surface area contributed by atoms with Crippen molar-refractivity contribution in [3.8, 4) is 17.2 Å². The summed E-state index contributed by atoms with van der Waals surface area (Å²) in [6.07, 6.45) is 0. The lowest BCUT2D eigenvalue weighted by atomic mass is 10.1. The van der Waals surface area contributed by atoms with Crippen molar-refractivity contribution in [3.05, 3.63) is 53.1 Å². The van der Waals surface area contributed by atoms with E-state index >= 15 is 0 Å². The summed E-state index contributed by atoms with van der Waals surface area (Å²) in [6, 6.07) is 10.7. The first kappa shape index (κ1) is 20.1. The number of esters is 1. The summed E-state index contributed by atoms with van der Waals surface area (Å²) in [4.78, 5) is 24.3. The molecule has 144 valence electrons. The van der Waals surface area contributed by atoms with Crippen LogP contribution < -0.4 is 19.5 Å². The highest BCUT2D eigenvalue weighted by Crippen LogP contribution is 2.34. The van der Waals surface area contributed by atoms with Gasteiger partial charge in [-0.2, -0.15) is 0 Å². The van der Waals surface area contributed by atoms with Gasteiger partial charge in [-0.25, -0.2) is 4.79 Å². The van der Waals surface area contributed by atoms with Crippen LogP contribution in [0.5, 0.6) is 17.2 Å². The summed E-state index contributed by atoms with van der Waals surface area (Å²) in [5.74, 6) is -0.0565. The van der Waals surface area contributed by atoms with Crippen LogP contribution in [0.1, 0.15) is 21.5 Å². The van der Waals surface area contributed by atoms with Gasteiger partial charge in [-0.3, -0.25) is 4.79 Å². The minimum atomic E-state index is -0.696. The van der Waals surface area contributed by atoms with E-state index < -0.39 is 18.5 Å². The molecule has 0 saturated heterocycles. The maximum atomic E-state index is 12.3. The number of ether oxygens (including phenoxy) is 4. The van der Waals surface area contributed by atoms with E-state index in [1.807, 2.05) is 31.2 Å². The van der Waals surface area contributed by atoms with Gasteiger partial charge in [-0.15, -0.1) is 0 Å². The van der Waals surface area contributed by atoms with Crippen molar-refractivity contribution in [2.75, 3.05) is 27.9 Å². The Labute approximate surface area is 158 Å². The molecule has 0 atom stereocenters. The molecular formula is C20H23NO6. The van der Waals surface area contributed by atoms with Gasteiger partial charge in [-0.05, 0) is 18.1 Å². The van der Waals surface area contributed by atoms with Gasteiger partial charge in [-0.1, -0.05) is 24.3 Å². The van der Waals surface area contributed by atoms with Gasteiger partial charge < -0.3 is 24.3 Å². The molecule has 0 heterocycles. The highest BCUT2D eigenvalue weighted by atomic mass is 16.5. The summed E-state index contributed by atoms with van der Waals surface area (Å²) in [5.41, 5.74) is 2.21. The van der Waals surface area contributed by atoms with E-state index in [-0.39, 0.29) is 11.3 Å². The Morgan fingerprint density at radius 3 is 2.19 bits per heavy atom. The van der Waals surface area contributed by atoms with Crippen molar-refractivity contribution in [1.29, 1.82) is 0 Å². The number of hydrogen-bond donors (Lipinski definition) is 1.